The van der Waals surface area contributed by atoms with E-state index in [1.807, 2.05) is 0 Å². The molecule has 0 radical (unpaired) electrons. The molecule has 5 heteroatoms. The smallest absolute Gasteiger partial charge is 0.303 e. The van der Waals surface area contributed by atoms with Crippen LogP contribution in [0.3, 0.4) is 0 Å². The van der Waals surface area contributed by atoms with Crippen molar-refractivity contribution in [1.82, 2.24) is 10.3 Å². The fourth-order valence-corrected chi connectivity index (χ4v) is 1.13. The van der Waals surface area contributed by atoms with Crippen LogP contribution in [0.15, 0.2) is 4.42 Å². The number of hydrogen-bond acceptors (Lipinski definition) is 3. The summed E-state index contributed by atoms with van der Waals surface area (Å²) in [4.78, 5) is 3.94. The van der Waals surface area contributed by atoms with E-state index in [9.17, 15) is 8.78 Å². The van der Waals surface area contributed by atoms with Gasteiger partial charge in [0.05, 0.1) is 11.7 Å². The number of rotatable bonds is 3. The molecule has 1 aromatic heterocycles. The highest BCUT2D eigenvalue weighted by molar-refractivity contribution is 5.13. The number of alkyl halides is 2. The second-order valence-corrected chi connectivity index (χ2v) is 3.37. The van der Waals surface area contributed by atoms with Gasteiger partial charge in [0.1, 0.15) is 0 Å². The average molecular weight is 204 g/mol. The van der Waals surface area contributed by atoms with Gasteiger partial charge in [0.2, 0.25) is 5.89 Å². The Bertz CT molecular complexity index is 317. The van der Waals surface area contributed by atoms with E-state index in [1.165, 1.54) is 6.92 Å². The molecule has 0 fully saturated rings. The molecular formula is C9H14F2N2O. The largest absolute Gasteiger partial charge is 0.437 e. The maximum absolute atomic E-state index is 12.9. The molecule has 1 heterocycles. The summed E-state index contributed by atoms with van der Waals surface area (Å²) < 4.78 is 30.9. The van der Waals surface area contributed by atoms with Gasteiger partial charge >= 0.3 is 5.92 Å². The van der Waals surface area contributed by atoms with Gasteiger partial charge in [0, 0.05) is 6.92 Å². The van der Waals surface area contributed by atoms with Gasteiger partial charge in [-0.25, -0.2) is 4.98 Å². The normalized spacial score (nSPS) is 14.4. The number of aromatic nitrogens is 1. The van der Waals surface area contributed by atoms with Gasteiger partial charge in [-0.1, -0.05) is 0 Å². The standard InChI is InChI=1S/C9H14F2N2O/c1-5-7(9(3,10)11)14-8(13-5)6(2)12-4/h6,12H,1-4H3. The third-order valence-corrected chi connectivity index (χ3v) is 2.02. The molecule has 0 bridgehead atoms. The second kappa shape index (κ2) is 3.65. The van der Waals surface area contributed by atoms with Crippen LogP contribution in [0.2, 0.25) is 0 Å². The molecule has 0 aromatic carbocycles. The molecule has 3 nitrogen and oxygen atoms in total. The van der Waals surface area contributed by atoms with E-state index in [2.05, 4.69) is 10.3 Å². The van der Waals surface area contributed by atoms with Crippen LogP contribution in [-0.4, -0.2) is 12.0 Å². The van der Waals surface area contributed by atoms with Crippen LogP contribution in [0.1, 0.15) is 37.2 Å². The summed E-state index contributed by atoms with van der Waals surface area (Å²) in [5, 5.41) is 2.87. The van der Waals surface area contributed by atoms with Crippen LogP contribution >= 0.6 is 0 Å². The Hall–Kier alpha value is -0.970. The van der Waals surface area contributed by atoms with Crippen molar-refractivity contribution in [2.24, 2.45) is 0 Å². The first-order chi connectivity index (χ1) is 6.36. The third-order valence-electron chi connectivity index (χ3n) is 2.02. The van der Waals surface area contributed by atoms with E-state index in [1.54, 1.807) is 14.0 Å². The summed E-state index contributed by atoms with van der Waals surface area (Å²) in [6, 6.07) is -0.162. The Morgan fingerprint density at radius 3 is 2.43 bits per heavy atom. The maximum Gasteiger partial charge on any atom is 0.303 e. The molecule has 0 aliphatic carbocycles. The number of halogens is 2. The number of nitrogens with zero attached hydrogens (tertiary/aromatic N) is 1. The molecule has 0 amide bonds. The minimum Gasteiger partial charge on any atom is -0.437 e. The molecule has 0 saturated carbocycles. The molecule has 1 unspecified atom stereocenters. The number of hydrogen-bond donors (Lipinski definition) is 1. The number of aryl methyl sites for hydroxylation is 1. The van der Waals surface area contributed by atoms with Gasteiger partial charge in [-0.2, -0.15) is 8.78 Å². The van der Waals surface area contributed by atoms with Gasteiger partial charge in [0.15, 0.2) is 5.76 Å². The zero-order valence-electron chi connectivity index (χ0n) is 8.69. The quantitative estimate of drug-likeness (QED) is 0.821. The highest BCUT2D eigenvalue weighted by atomic mass is 19.3. The van der Waals surface area contributed by atoms with E-state index in [0.29, 0.717) is 5.89 Å². The molecule has 0 spiro atoms. The SMILES string of the molecule is CNC(C)c1nc(C)c(C(C)(F)F)o1. The summed E-state index contributed by atoms with van der Waals surface area (Å²) in [6.45, 7) is 4.11. The zero-order valence-corrected chi connectivity index (χ0v) is 8.69. The minimum atomic E-state index is -2.97. The van der Waals surface area contributed by atoms with Gasteiger partial charge < -0.3 is 9.73 Å². The molecule has 1 rings (SSSR count). The fraction of sp³-hybridized carbons (Fsp3) is 0.667. The monoisotopic (exact) mass is 204 g/mol. The van der Waals surface area contributed by atoms with Crippen molar-refractivity contribution in [1.29, 1.82) is 0 Å². The predicted octanol–water partition coefficient (Wildman–Crippen LogP) is 2.38. The predicted molar refractivity (Wildman–Crippen MR) is 48.3 cm³/mol. The summed E-state index contributed by atoms with van der Waals surface area (Å²) >= 11 is 0. The van der Waals surface area contributed by atoms with Crippen LogP contribution in [0.25, 0.3) is 0 Å². The highest BCUT2D eigenvalue weighted by Crippen LogP contribution is 2.31. The van der Waals surface area contributed by atoms with Crippen molar-refractivity contribution >= 4 is 0 Å². The van der Waals surface area contributed by atoms with Crippen LogP contribution in [0.4, 0.5) is 8.78 Å². The Balaban J connectivity index is 3.05. The second-order valence-electron chi connectivity index (χ2n) is 3.37. The van der Waals surface area contributed by atoms with Crippen molar-refractivity contribution in [2.75, 3.05) is 7.05 Å². The van der Waals surface area contributed by atoms with Gasteiger partial charge in [-0.3, -0.25) is 0 Å². The summed E-state index contributed by atoms with van der Waals surface area (Å²) in [5.74, 6) is -3.03. The topological polar surface area (TPSA) is 38.1 Å². The molecule has 1 N–H and O–H groups in total. The van der Waals surface area contributed by atoms with E-state index >= 15 is 0 Å². The molecule has 1 aromatic rings. The number of nitrogens with one attached hydrogen (secondary N) is 1. The Morgan fingerprint density at radius 2 is 2.07 bits per heavy atom. The summed E-state index contributed by atoms with van der Waals surface area (Å²) in [6.07, 6.45) is 0. The van der Waals surface area contributed by atoms with Crippen LogP contribution < -0.4 is 5.32 Å². The summed E-state index contributed by atoms with van der Waals surface area (Å²) in [5.41, 5.74) is 0.245. The van der Waals surface area contributed by atoms with Gasteiger partial charge in [-0.05, 0) is 20.9 Å². The van der Waals surface area contributed by atoms with Crippen molar-refractivity contribution in [3.05, 3.63) is 17.3 Å². The van der Waals surface area contributed by atoms with E-state index < -0.39 is 5.92 Å². The molecule has 0 aliphatic heterocycles. The van der Waals surface area contributed by atoms with Crippen LogP contribution in [-0.2, 0) is 5.92 Å². The van der Waals surface area contributed by atoms with Crippen molar-refractivity contribution in [2.45, 2.75) is 32.7 Å². The van der Waals surface area contributed by atoms with E-state index in [0.717, 1.165) is 6.92 Å². The molecular weight excluding hydrogens is 190 g/mol. The molecule has 80 valence electrons. The Morgan fingerprint density at radius 1 is 1.50 bits per heavy atom. The molecule has 0 aliphatic rings. The van der Waals surface area contributed by atoms with Crippen LogP contribution in [0, 0.1) is 6.92 Å². The molecule has 1 atom stereocenters. The van der Waals surface area contributed by atoms with E-state index in [-0.39, 0.29) is 17.5 Å². The lowest BCUT2D eigenvalue weighted by molar-refractivity contribution is -0.00738. The van der Waals surface area contributed by atoms with Crippen molar-refractivity contribution in [3.8, 4) is 0 Å². The minimum absolute atomic E-state index is 0.162. The Labute approximate surface area is 81.5 Å². The van der Waals surface area contributed by atoms with E-state index in [4.69, 9.17) is 4.42 Å². The lowest BCUT2D eigenvalue weighted by Crippen LogP contribution is -2.12. The van der Waals surface area contributed by atoms with Crippen LogP contribution in [0.5, 0.6) is 0 Å². The van der Waals surface area contributed by atoms with Crippen molar-refractivity contribution in [3.63, 3.8) is 0 Å². The Kier molecular flexibility index (Phi) is 2.89. The first kappa shape index (κ1) is 11.1. The summed E-state index contributed by atoms with van der Waals surface area (Å²) in [7, 11) is 1.72. The van der Waals surface area contributed by atoms with Gasteiger partial charge in [0.25, 0.3) is 0 Å². The molecule has 0 saturated heterocycles. The fourth-order valence-electron chi connectivity index (χ4n) is 1.13. The highest BCUT2D eigenvalue weighted by Gasteiger charge is 2.32. The van der Waals surface area contributed by atoms with Gasteiger partial charge in [-0.15, -0.1) is 0 Å². The zero-order chi connectivity index (χ0) is 10.9. The average Bonchev–Trinajstić information content (AvgIpc) is 2.45. The first-order valence-corrected chi connectivity index (χ1v) is 4.39. The lowest BCUT2D eigenvalue weighted by Gasteiger charge is -2.07. The van der Waals surface area contributed by atoms with Crippen molar-refractivity contribution < 1.29 is 13.2 Å². The lowest BCUT2D eigenvalue weighted by atomic mass is 10.2. The number of oxazole rings is 1. The molecule has 14 heavy (non-hydrogen) atoms. The third kappa shape index (κ3) is 2.09. The maximum atomic E-state index is 12.9. The first-order valence-electron chi connectivity index (χ1n) is 4.39.